The van der Waals surface area contributed by atoms with Gasteiger partial charge < -0.3 is 9.64 Å². The first kappa shape index (κ1) is 19.2. The number of benzene rings is 2. The molecule has 150 valence electrons. The summed E-state index contributed by atoms with van der Waals surface area (Å²) in [4.78, 5) is 41.7. The van der Waals surface area contributed by atoms with Gasteiger partial charge in [0, 0.05) is 19.0 Å². The van der Waals surface area contributed by atoms with E-state index in [1.807, 2.05) is 51.1 Å². The molecule has 2 aliphatic heterocycles. The molecule has 0 aromatic heterocycles. The van der Waals surface area contributed by atoms with Crippen LogP contribution in [0.2, 0.25) is 0 Å². The zero-order chi connectivity index (χ0) is 20.8. The summed E-state index contributed by atoms with van der Waals surface area (Å²) in [7, 11) is 0. The Kier molecular flexibility index (Phi) is 4.65. The standard InChI is InChI=1S/C23H24N2O4/c1-23(2,3)29-22(28)24-13-18(15-9-5-4-6-10-15)19(14-24)25-20(26)16-11-7-8-12-17(16)21(25)27/h4-12,18-19H,13-14H2,1-3H3/t18-,19-/m1/s1. The van der Waals surface area contributed by atoms with Crippen LogP contribution in [-0.2, 0) is 4.74 Å². The van der Waals surface area contributed by atoms with Gasteiger partial charge in [0.05, 0.1) is 17.2 Å². The molecule has 0 spiro atoms. The second-order valence-electron chi connectivity index (χ2n) is 8.50. The molecule has 29 heavy (non-hydrogen) atoms. The molecule has 2 heterocycles. The van der Waals surface area contributed by atoms with Gasteiger partial charge in [0.2, 0.25) is 0 Å². The van der Waals surface area contributed by atoms with Crippen molar-refractivity contribution < 1.29 is 19.1 Å². The summed E-state index contributed by atoms with van der Waals surface area (Å²) in [5, 5.41) is 0. The maximum atomic E-state index is 13.0. The lowest BCUT2D eigenvalue weighted by Gasteiger charge is -2.27. The summed E-state index contributed by atoms with van der Waals surface area (Å²) in [6, 6.07) is 16.1. The second-order valence-corrected chi connectivity index (χ2v) is 8.50. The Labute approximate surface area is 170 Å². The van der Waals surface area contributed by atoms with Crippen LogP contribution in [0.5, 0.6) is 0 Å². The van der Waals surface area contributed by atoms with Crippen LogP contribution in [0.3, 0.4) is 0 Å². The molecule has 6 nitrogen and oxygen atoms in total. The number of imide groups is 1. The highest BCUT2D eigenvalue weighted by atomic mass is 16.6. The first-order valence-electron chi connectivity index (χ1n) is 9.76. The Morgan fingerprint density at radius 2 is 1.45 bits per heavy atom. The highest BCUT2D eigenvalue weighted by Gasteiger charge is 2.48. The number of hydrogen-bond donors (Lipinski definition) is 0. The molecule has 0 bridgehead atoms. The van der Waals surface area contributed by atoms with Gasteiger partial charge in [-0.1, -0.05) is 42.5 Å². The molecular weight excluding hydrogens is 368 g/mol. The molecule has 6 heteroatoms. The zero-order valence-corrected chi connectivity index (χ0v) is 16.8. The first-order chi connectivity index (χ1) is 13.8. The van der Waals surface area contributed by atoms with Crippen LogP contribution in [-0.4, -0.2) is 52.4 Å². The third-order valence-electron chi connectivity index (χ3n) is 5.33. The molecule has 0 unspecified atom stereocenters. The summed E-state index contributed by atoms with van der Waals surface area (Å²) in [6.07, 6.45) is -0.433. The quantitative estimate of drug-likeness (QED) is 0.731. The van der Waals surface area contributed by atoms with E-state index in [0.717, 1.165) is 5.56 Å². The Bertz CT molecular complexity index is 929. The van der Waals surface area contributed by atoms with Crippen LogP contribution in [0.1, 0.15) is 53.0 Å². The van der Waals surface area contributed by atoms with Crippen molar-refractivity contribution in [3.63, 3.8) is 0 Å². The number of carbonyl (C=O) groups is 3. The van der Waals surface area contributed by atoms with Crippen molar-refractivity contribution in [2.24, 2.45) is 0 Å². The van der Waals surface area contributed by atoms with Gasteiger partial charge in [-0.15, -0.1) is 0 Å². The van der Waals surface area contributed by atoms with Crippen molar-refractivity contribution in [3.8, 4) is 0 Å². The van der Waals surface area contributed by atoms with Gasteiger partial charge in [-0.25, -0.2) is 4.79 Å². The minimum atomic E-state index is -0.618. The van der Waals surface area contributed by atoms with Crippen molar-refractivity contribution in [1.29, 1.82) is 0 Å². The molecule has 0 aliphatic carbocycles. The molecule has 0 saturated carbocycles. The van der Waals surface area contributed by atoms with E-state index in [4.69, 9.17) is 4.74 Å². The predicted molar refractivity (Wildman–Crippen MR) is 108 cm³/mol. The van der Waals surface area contributed by atoms with Crippen molar-refractivity contribution in [2.75, 3.05) is 13.1 Å². The molecule has 0 radical (unpaired) electrons. The monoisotopic (exact) mass is 392 g/mol. The normalized spacial score (nSPS) is 21.5. The van der Waals surface area contributed by atoms with E-state index < -0.39 is 17.7 Å². The van der Waals surface area contributed by atoms with Gasteiger partial charge >= 0.3 is 6.09 Å². The number of ether oxygens (including phenoxy) is 1. The SMILES string of the molecule is CC(C)(C)OC(=O)N1C[C@H](c2ccccc2)[C@H](N2C(=O)c3ccccc3C2=O)C1. The number of hydrogen-bond acceptors (Lipinski definition) is 4. The van der Waals surface area contributed by atoms with Crippen molar-refractivity contribution in [2.45, 2.75) is 38.3 Å². The molecule has 0 N–H and O–H groups in total. The molecular formula is C23H24N2O4. The number of amides is 3. The molecule has 2 aromatic carbocycles. The van der Waals surface area contributed by atoms with Crippen molar-refractivity contribution >= 4 is 17.9 Å². The maximum absolute atomic E-state index is 13.0. The highest BCUT2D eigenvalue weighted by Crippen LogP contribution is 2.36. The molecule has 4 rings (SSSR count). The lowest BCUT2D eigenvalue weighted by Crippen LogP contribution is -2.44. The second kappa shape index (κ2) is 7.03. The van der Waals surface area contributed by atoms with E-state index in [1.165, 1.54) is 4.90 Å². The molecule has 1 saturated heterocycles. The minimum Gasteiger partial charge on any atom is -0.444 e. The number of likely N-dealkylation sites (tertiary alicyclic amines) is 1. The van der Waals surface area contributed by atoms with E-state index >= 15 is 0 Å². The summed E-state index contributed by atoms with van der Waals surface area (Å²) < 4.78 is 5.53. The Hall–Kier alpha value is -3.15. The van der Waals surface area contributed by atoms with Gasteiger partial charge in [-0.05, 0) is 38.5 Å². The number of rotatable bonds is 2. The molecule has 3 amide bonds. The average Bonchev–Trinajstić information content (AvgIpc) is 3.22. The van der Waals surface area contributed by atoms with Gasteiger partial charge in [-0.2, -0.15) is 0 Å². The fraction of sp³-hybridized carbons (Fsp3) is 0.348. The predicted octanol–water partition coefficient (Wildman–Crippen LogP) is 3.69. The van der Waals surface area contributed by atoms with Crippen LogP contribution in [0.15, 0.2) is 54.6 Å². The Morgan fingerprint density at radius 1 is 0.897 bits per heavy atom. The van der Waals surface area contributed by atoms with Crippen LogP contribution in [0, 0.1) is 0 Å². The van der Waals surface area contributed by atoms with E-state index in [1.54, 1.807) is 29.2 Å². The summed E-state index contributed by atoms with van der Waals surface area (Å²) in [6.45, 7) is 6.09. The van der Waals surface area contributed by atoms with Crippen molar-refractivity contribution in [3.05, 3.63) is 71.3 Å². The largest absolute Gasteiger partial charge is 0.444 e. The third-order valence-corrected chi connectivity index (χ3v) is 5.33. The van der Waals surface area contributed by atoms with E-state index in [-0.39, 0.29) is 24.3 Å². The van der Waals surface area contributed by atoms with Gasteiger partial charge in [0.1, 0.15) is 5.60 Å². The van der Waals surface area contributed by atoms with Crippen LogP contribution < -0.4 is 0 Å². The lowest BCUT2D eigenvalue weighted by atomic mass is 9.93. The van der Waals surface area contributed by atoms with E-state index in [9.17, 15) is 14.4 Å². The summed E-state index contributed by atoms with van der Waals surface area (Å²) >= 11 is 0. The summed E-state index contributed by atoms with van der Waals surface area (Å²) in [5.41, 5.74) is 1.20. The molecule has 2 atom stereocenters. The number of carbonyl (C=O) groups excluding carboxylic acids is 3. The van der Waals surface area contributed by atoms with Gasteiger partial charge in [0.25, 0.3) is 11.8 Å². The smallest absolute Gasteiger partial charge is 0.410 e. The fourth-order valence-corrected chi connectivity index (χ4v) is 4.06. The minimum absolute atomic E-state index is 0.175. The fourth-order valence-electron chi connectivity index (χ4n) is 4.06. The molecule has 1 fully saturated rings. The van der Waals surface area contributed by atoms with Gasteiger partial charge in [-0.3, -0.25) is 14.5 Å². The average molecular weight is 392 g/mol. The van der Waals surface area contributed by atoms with Crippen molar-refractivity contribution in [1.82, 2.24) is 9.80 Å². The number of fused-ring (bicyclic) bond motifs is 1. The molecule has 2 aromatic rings. The Balaban J connectivity index is 1.67. The highest BCUT2D eigenvalue weighted by molar-refractivity contribution is 6.21. The first-order valence-corrected chi connectivity index (χ1v) is 9.76. The van der Waals surface area contributed by atoms with Crippen LogP contribution in [0.4, 0.5) is 4.79 Å². The van der Waals surface area contributed by atoms with E-state index in [2.05, 4.69) is 0 Å². The third kappa shape index (κ3) is 3.50. The summed E-state index contributed by atoms with van der Waals surface area (Å²) in [5.74, 6) is -0.781. The topological polar surface area (TPSA) is 66.9 Å². The maximum Gasteiger partial charge on any atom is 0.410 e. The zero-order valence-electron chi connectivity index (χ0n) is 16.8. The van der Waals surface area contributed by atoms with Crippen LogP contribution >= 0.6 is 0 Å². The lowest BCUT2D eigenvalue weighted by molar-refractivity contribution is 0.0273. The molecule has 2 aliphatic rings. The Morgan fingerprint density at radius 3 is 2.00 bits per heavy atom. The van der Waals surface area contributed by atoms with Crippen LogP contribution in [0.25, 0.3) is 0 Å². The van der Waals surface area contributed by atoms with Gasteiger partial charge in [0.15, 0.2) is 0 Å². The number of nitrogens with zero attached hydrogens (tertiary/aromatic N) is 2. The van der Waals surface area contributed by atoms with E-state index in [0.29, 0.717) is 17.7 Å².